The second-order valence-corrected chi connectivity index (χ2v) is 4.52. The molecule has 2 aromatic rings. The van der Waals surface area contributed by atoms with Crippen molar-refractivity contribution in [3.8, 4) is 5.75 Å². The maximum Gasteiger partial charge on any atom is 0.259 e. The van der Waals surface area contributed by atoms with Crippen LogP contribution >= 0.6 is 27.8 Å². The predicted molar refractivity (Wildman–Crippen MR) is 75.0 cm³/mol. The Morgan fingerprint density at radius 1 is 1.11 bits per heavy atom. The van der Waals surface area contributed by atoms with E-state index in [1.165, 1.54) is 0 Å². The third-order valence-electron chi connectivity index (χ3n) is 2.32. The van der Waals surface area contributed by atoms with Gasteiger partial charge in [0.25, 0.3) is 5.91 Å². The number of benzene rings is 2. The van der Waals surface area contributed by atoms with E-state index < -0.39 is 0 Å². The standard InChI is InChI=1S/C13H9BrClNO2/c14-11-8-4-7-10(12(11)18-15)13(17)16-9-5-2-1-3-6-9/h1-8H,(H,16,17). The lowest BCUT2D eigenvalue weighted by Gasteiger charge is -2.09. The van der Waals surface area contributed by atoms with Crippen molar-refractivity contribution in [2.75, 3.05) is 5.32 Å². The minimum atomic E-state index is -0.279. The molecule has 0 aromatic heterocycles. The molecule has 0 unspecified atom stereocenters. The van der Waals surface area contributed by atoms with Crippen molar-refractivity contribution in [1.29, 1.82) is 0 Å². The van der Waals surface area contributed by atoms with E-state index in [-0.39, 0.29) is 5.91 Å². The van der Waals surface area contributed by atoms with Crippen LogP contribution in [0.4, 0.5) is 5.69 Å². The van der Waals surface area contributed by atoms with Gasteiger partial charge in [-0.3, -0.25) is 4.79 Å². The van der Waals surface area contributed by atoms with Crippen molar-refractivity contribution in [3.05, 3.63) is 58.6 Å². The molecule has 2 rings (SSSR count). The number of hydrogen-bond donors (Lipinski definition) is 1. The van der Waals surface area contributed by atoms with Gasteiger partial charge >= 0.3 is 0 Å². The Hall–Kier alpha value is -1.52. The summed E-state index contributed by atoms with van der Waals surface area (Å²) < 4.78 is 5.32. The van der Waals surface area contributed by atoms with E-state index in [0.717, 1.165) is 0 Å². The van der Waals surface area contributed by atoms with Gasteiger partial charge in [-0.05, 0) is 40.2 Å². The number of nitrogens with one attached hydrogen (secondary N) is 1. The number of hydrogen-bond acceptors (Lipinski definition) is 2. The number of para-hydroxylation sites is 2. The van der Waals surface area contributed by atoms with Crippen molar-refractivity contribution in [1.82, 2.24) is 0 Å². The molecule has 2 aromatic carbocycles. The summed E-state index contributed by atoms with van der Waals surface area (Å²) in [6, 6.07) is 14.3. The molecule has 0 atom stereocenters. The molecule has 0 aliphatic rings. The topological polar surface area (TPSA) is 38.3 Å². The van der Waals surface area contributed by atoms with Crippen LogP contribution in [0.1, 0.15) is 10.4 Å². The highest BCUT2D eigenvalue weighted by Gasteiger charge is 2.15. The van der Waals surface area contributed by atoms with Crippen LogP contribution in [0.3, 0.4) is 0 Å². The van der Waals surface area contributed by atoms with Gasteiger partial charge in [-0.25, -0.2) is 0 Å². The second-order valence-electron chi connectivity index (χ2n) is 3.51. The van der Waals surface area contributed by atoms with Gasteiger partial charge in [-0.1, -0.05) is 24.3 Å². The molecule has 0 spiro atoms. The van der Waals surface area contributed by atoms with Gasteiger partial charge in [-0.2, -0.15) is 0 Å². The lowest BCUT2D eigenvalue weighted by atomic mass is 10.2. The van der Waals surface area contributed by atoms with E-state index in [1.807, 2.05) is 18.2 Å². The number of rotatable bonds is 3. The zero-order valence-corrected chi connectivity index (χ0v) is 11.5. The van der Waals surface area contributed by atoms with Gasteiger partial charge in [0.1, 0.15) is 11.9 Å². The number of carbonyl (C=O) groups is 1. The number of halogens is 2. The molecular formula is C13H9BrClNO2. The van der Waals surface area contributed by atoms with Crippen LogP contribution < -0.4 is 9.61 Å². The first kappa shape index (κ1) is 12.9. The van der Waals surface area contributed by atoms with Crippen molar-refractivity contribution >= 4 is 39.4 Å². The molecule has 0 heterocycles. The van der Waals surface area contributed by atoms with E-state index in [4.69, 9.17) is 16.2 Å². The van der Waals surface area contributed by atoms with Gasteiger partial charge in [-0.15, -0.1) is 0 Å². The Labute approximate surface area is 118 Å². The van der Waals surface area contributed by atoms with Crippen LogP contribution in [-0.4, -0.2) is 5.91 Å². The Bertz CT molecular complexity index is 560. The summed E-state index contributed by atoms with van der Waals surface area (Å²) in [5.41, 5.74) is 1.08. The summed E-state index contributed by atoms with van der Waals surface area (Å²) in [6.07, 6.45) is 0. The highest BCUT2D eigenvalue weighted by molar-refractivity contribution is 9.10. The minimum absolute atomic E-state index is 0.279. The quantitative estimate of drug-likeness (QED) is 0.916. The highest BCUT2D eigenvalue weighted by atomic mass is 79.9. The summed E-state index contributed by atoms with van der Waals surface area (Å²) in [4.78, 5) is 12.1. The first-order chi connectivity index (χ1) is 8.72. The Kier molecular flexibility index (Phi) is 4.23. The van der Waals surface area contributed by atoms with Crippen molar-refractivity contribution in [3.63, 3.8) is 0 Å². The summed E-state index contributed by atoms with van der Waals surface area (Å²) in [6.45, 7) is 0. The summed E-state index contributed by atoms with van der Waals surface area (Å²) in [7, 11) is 0. The van der Waals surface area contributed by atoms with Crippen LogP contribution in [0.25, 0.3) is 0 Å². The fraction of sp³-hybridized carbons (Fsp3) is 0. The zero-order chi connectivity index (χ0) is 13.0. The SMILES string of the molecule is O=C(Nc1ccccc1)c1cccc(Br)c1OCl. The smallest absolute Gasteiger partial charge is 0.259 e. The van der Waals surface area contributed by atoms with Gasteiger partial charge in [0.2, 0.25) is 0 Å². The molecule has 0 saturated heterocycles. The Morgan fingerprint density at radius 3 is 2.50 bits per heavy atom. The molecule has 0 bridgehead atoms. The van der Waals surface area contributed by atoms with E-state index in [9.17, 15) is 4.79 Å². The van der Waals surface area contributed by atoms with E-state index in [0.29, 0.717) is 21.5 Å². The fourth-order valence-electron chi connectivity index (χ4n) is 1.49. The van der Waals surface area contributed by atoms with Crippen molar-refractivity contribution in [2.45, 2.75) is 0 Å². The molecule has 1 amide bonds. The van der Waals surface area contributed by atoms with Gasteiger partial charge < -0.3 is 9.61 Å². The average molecular weight is 327 g/mol. The predicted octanol–water partition coefficient (Wildman–Crippen LogP) is 4.23. The molecule has 3 nitrogen and oxygen atoms in total. The normalized spacial score (nSPS) is 9.89. The third kappa shape index (κ3) is 2.83. The van der Waals surface area contributed by atoms with Crippen LogP contribution in [0, 0.1) is 0 Å². The molecule has 0 aliphatic carbocycles. The highest BCUT2D eigenvalue weighted by Crippen LogP contribution is 2.30. The van der Waals surface area contributed by atoms with Crippen LogP contribution in [-0.2, 0) is 0 Å². The van der Waals surface area contributed by atoms with Crippen molar-refractivity contribution in [2.24, 2.45) is 0 Å². The monoisotopic (exact) mass is 325 g/mol. The average Bonchev–Trinajstić information content (AvgIpc) is 2.39. The molecule has 0 fully saturated rings. The second kappa shape index (κ2) is 5.89. The van der Waals surface area contributed by atoms with Crippen molar-refractivity contribution < 1.29 is 9.08 Å². The summed E-state index contributed by atoms with van der Waals surface area (Å²) in [5.74, 6) is 0.0192. The zero-order valence-electron chi connectivity index (χ0n) is 9.19. The largest absolute Gasteiger partial charge is 0.384 e. The molecular weight excluding hydrogens is 318 g/mol. The molecule has 0 aliphatic heterocycles. The lowest BCUT2D eigenvalue weighted by molar-refractivity contribution is 0.102. The molecule has 0 radical (unpaired) electrons. The van der Waals surface area contributed by atoms with Gasteiger partial charge in [0.05, 0.1) is 10.0 Å². The molecule has 92 valence electrons. The van der Waals surface area contributed by atoms with Crippen LogP contribution in [0.2, 0.25) is 0 Å². The van der Waals surface area contributed by atoms with E-state index in [1.54, 1.807) is 30.3 Å². The lowest BCUT2D eigenvalue weighted by Crippen LogP contribution is -2.12. The summed E-state index contributed by atoms with van der Waals surface area (Å²) in [5, 5.41) is 2.76. The first-order valence-corrected chi connectivity index (χ1v) is 6.26. The molecule has 1 N–H and O–H groups in total. The fourth-order valence-corrected chi connectivity index (χ4v) is 2.19. The van der Waals surface area contributed by atoms with Crippen LogP contribution in [0.15, 0.2) is 53.0 Å². The first-order valence-electron chi connectivity index (χ1n) is 5.16. The minimum Gasteiger partial charge on any atom is -0.384 e. The Morgan fingerprint density at radius 2 is 1.83 bits per heavy atom. The van der Waals surface area contributed by atoms with E-state index in [2.05, 4.69) is 21.2 Å². The molecule has 18 heavy (non-hydrogen) atoms. The number of anilines is 1. The summed E-state index contributed by atoms with van der Waals surface area (Å²) >= 11 is 8.65. The number of carbonyl (C=O) groups excluding carboxylic acids is 1. The number of amides is 1. The Balaban J connectivity index is 2.27. The third-order valence-corrected chi connectivity index (χ3v) is 3.10. The van der Waals surface area contributed by atoms with Crippen LogP contribution in [0.5, 0.6) is 5.75 Å². The van der Waals surface area contributed by atoms with Gasteiger partial charge in [0, 0.05) is 5.69 Å². The maximum atomic E-state index is 12.1. The maximum absolute atomic E-state index is 12.1. The molecule has 5 heteroatoms. The van der Waals surface area contributed by atoms with Gasteiger partial charge in [0.15, 0.2) is 5.75 Å². The molecule has 0 saturated carbocycles. The van der Waals surface area contributed by atoms with E-state index >= 15 is 0 Å².